The normalized spacial score (nSPS) is 30.2. The first kappa shape index (κ1) is 36.8. The maximum absolute atomic E-state index is 13.0. The highest BCUT2D eigenvalue weighted by Gasteiger charge is 2.60. The zero-order valence-electron chi connectivity index (χ0n) is 26.1. The van der Waals surface area contributed by atoms with Crippen molar-refractivity contribution in [1.29, 1.82) is 0 Å². The van der Waals surface area contributed by atoms with Crippen LogP contribution in [0.25, 0.3) is 6.08 Å². The standard InChI is InChI=1S/C31H38O17/c1-41-18-10-15(11-19(42-2)27(18)43-3)4-9-22(35)46-28-24(37)20(12-32)47-31(28,14-33)48-30-26(39)25(38)23(36)21(45-30)13-44-29(40)16-5-7-17(34)8-6-16/h4-11,20-21,23-26,28,30,32-34,36-39H,12-14H2,1-3H3/b9-4+/t20-,21-,23-,24-,25+,26-,28+,30-,31+/m1/s1. The molecule has 2 aliphatic rings. The van der Waals surface area contributed by atoms with E-state index in [1.54, 1.807) is 12.1 Å². The summed E-state index contributed by atoms with van der Waals surface area (Å²) in [4.78, 5) is 25.4. The first-order valence-electron chi connectivity index (χ1n) is 14.5. The van der Waals surface area contributed by atoms with E-state index in [4.69, 9.17) is 37.9 Å². The molecule has 48 heavy (non-hydrogen) atoms. The summed E-state index contributed by atoms with van der Waals surface area (Å²) in [5, 5.41) is 72.2. The SMILES string of the molecule is COc1cc(/C=C/C(=O)O[C@H]2[C@H](O)[C@@H](CO)O[C@@]2(CO)O[C@H]2O[C@H](COC(=O)c3ccc(O)cc3)[C@@H](O)[C@H](O)[C@H]2O)cc(OC)c1OC. The summed E-state index contributed by atoms with van der Waals surface area (Å²) >= 11 is 0. The third kappa shape index (κ3) is 7.81. The molecule has 9 atom stereocenters. The summed E-state index contributed by atoms with van der Waals surface area (Å²) in [5.41, 5.74) is 0.476. The van der Waals surface area contributed by atoms with Gasteiger partial charge in [-0.3, -0.25) is 0 Å². The molecule has 0 spiro atoms. The second-order valence-electron chi connectivity index (χ2n) is 10.7. The molecule has 264 valence electrons. The van der Waals surface area contributed by atoms with Crippen LogP contribution in [0.4, 0.5) is 0 Å². The van der Waals surface area contributed by atoms with Crippen molar-refractivity contribution in [3.63, 3.8) is 0 Å². The Balaban J connectivity index is 1.51. The average Bonchev–Trinajstić information content (AvgIpc) is 3.36. The fourth-order valence-corrected chi connectivity index (χ4v) is 5.13. The Kier molecular flexibility index (Phi) is 12.2. The molecule has 17 heteroatoms. The maximum Gasteiger partial charge on any atom is 0.338 e. The van der Waals surface area contributed by atoms with E-state index in [0.29, 0.717) is 22.8 Å². The van der Waals surface area contributed by atoms with Crippen LogP contribution in [0.3, 0.4) is 0 Å². The molecule has 0 amide bonds. The number of aromatic hydroxyl groups is 1. The van der Waals surface area contributed by atoms with Gasteiger partial charge in [0.25, 0.3) is 0 Å². The molecule has 0 aliphatic carbocycles. The average molecular weight is 683 g/mol. The molecule has 17 nitrogen and oxygen atoms in total. The number of carbonyl (C=O) groups excluding carboxylic acids is 2. The summed E-state index contributed by atoms with van der Waals surface area (Å²) in [6, 6.07) is 8.16. The van der Waals surface area contributed by atoms with Crippen molar-refractivity contribution in [2.45, 2.75) is 54.8 Å². The molecule has 0 bridgehead atoms. The van der Waals surface area contributed by atoms with Crippen LogP contribution in [-0.2, 0) is 28.5 Å². The van der Waals surface area contributed by atoms with Gasteiger partial charge in [0.15, 0.2) is 23.9 Å². The van der Waals surface area contributed by atoms with Gasteiger partial charge in [-0.05, 0) is 48.0 Å². The molecule has 0 unspecified atom stereocenters. The predicted molar refractivity (Wildman–Crippen MR) is 159 cm³/mol. The minimum absolute atomic E-state index is 0.0538. The summed E-state index contributed by atoms with van der Waals surface area (Å²) in [6.45, 7) is -2.59. The lowest BCUT2D eigenvalue weighted by Crippen LogP contribution is -2.63. The number of hydrogen-bond acceptors (Lipinski definition) is 17. The molecule has 2 aromatic rings. The van der Waals surface area contributed by atoms with E-state index in [1.165, 1.54) is 51.7 Å². The highest BCUT2D eigenvalue weighted by atomic mass is 16.8. The van der Waals surface area contributed by atoms with Gasteiger partial charge in [0, 0.05) is 6.08 Å². The first-order valence-corrected chi connectivity index (χ1v) is 14.5. The van der Waals surface area contributed by atoms with Gasteiger partial charge in [-0.2, -0.15) is 0 Å². The third-order valence-corrected chi connectivity index (χ3v) is 7.68. The number of phenols is 1. The van der Waals surface area contributed by atoms with E-state index < -0.39 is 86.6 Å². The number of rotatable bonds is 13. The second kappa shape index (κ2) is 15.9. The molecule has 0 aromatic heterocycles. The van der Waals surface area contributed by atoms with Crippen molar-refractivity contribution in [2.75, 3.05) is 41.2 Å². The largest absolute Gasteiger partial charge is 0.508 e. The van der Waals surface area contributed by atoms with Crippen molar-refractivity contribution in [1.82, 2.24) is 0 Å². The van der Waals surface area contributed by atoms with Crippen molar-refractivity contribution >= 4 is 18.0 Å². The van der Waals surface area contributed by atoms with Gasteiger partial charge in [-0.1, -0.05) is 0 Å². The topological polar surface area (TPSA) is 250 Å². The number of benzene rings is 2. The van der Waals surface area contributed by atoms with Crippen LogP contribution >= 0.6 is 0 Å². The molecule has 2 saturated heterocycles. The Bertz CT molecular complexity index is 1410. The van der Waals surface area contributed by atoms with Gasteiger partial charge < -0.3 is 73.6 Å². The van der Waals surface area contributed by atoms with Crippen LogP contribution in [0.15, 0.2) is 42.5 Å². The lowest BCUT2D eigenvalue weighted by Gasteiger charge is -2.43. The Hall–Kier alpha value is -4.04. The lowest BCUT2D eigenvalue weighted by molar-refractivity contribution is -0.383. The van der Waals surface area contributed by atoms with Crippen molar-refractivity contribution in [3.8, 4) is 23.0 Å². The fraction of sp³-hybridized carbons (Fsp3) is 0.484. The second-order valence-corrected chi connectivity index (χ2v) is 10.7. The van der Waals surface area contributed by atoms with Crippen LogP contribution in [0, 0.1) is 0 Å². The molecule has 7 N–H and O–H groups in total. The Morgan fingerprint density at radius 3 is 2.08 bits per heavy atom. The van der Waals surface area contributed by atoms with Gasteiger partial charge in [0.05, 0.1) is 33.5 Å². The van der Waals surface area contributed by atoms with Crippen LogP contribution in [-0.4, -0.2) is 144 Å². The molecule has 2 heterocycles. The Labute approximate surface area is 274 Å². The van der Waals surface area contributed by atoms with E-state index in [0.717, 1.165) is 6.08 Å². The first-order chi connectivity index (χ1) is 22.9. The van der Waals surface area contributed by atoms with E-state index in [1.807, 2.05) is 0 Å². The number of aliphatic hydroxyl groups excluding tert-OH is 6. The molecule has 2 aliphatic heterocycles. The minimum Gasteiger partial charge on any atom is -0.508 e. The molecule has 2 aromatic carbocycles. The number of phenolic OH excluding ortho intramolecular Hbond substituents is 1. The van der Waals surface area contributed by atoms with Crippen LogP contribution < -0.4 is 14.2 Å². The van der Waals surface area contributed by atoms with E-state index in [2.05, 4.69) is 0 Å². The monoisotopic (exact) mass is 682 g/mol. The lowest BCUT2D eigenvalue weighted by atomic mass is 9.98. The number of methoxy groups -OCH3 is 3. The summed E-state index contributed by atoms with van der Waals surface area (Å²) in [5.74, 6) is -3.57. The molecule has 0 saturated carbocycles. The van der Waals surface area contributed by atoms with Crippen LogP contribution in [0.1, 0.15) is 15.9 Å². The van der Waals surface area contributed by atoms with Gasteiger partial charge in [0.2, 0.25) is 11.5 Å². The molecule has 0 radical (unpaired) electrons. The number of ether oxygens (including phenoxy) is 8. The smallest absolute Gasteiger partial charge is 0.338 e. The van der Waals surface area contributed by atoms with Crippen LogP contribution in [0.2, 0.25) is 0 Å². The van der Waals surface area contributed by atoms with Crippen molar-refractivity contribution in [3.05, 3.63) is 53.6 Å². The van der Waals surface area contributed by atoms with Crippen LogP contribution in [0.5, 0.6) is 23.0 Å². The van der Waals surface area contributed by atoms with Gasteiger partial charge >= 0.3 is 11.9 Å². The third-order valence-electron chi connectivity index (χ3n) is 7.68. The Morgan fingerprint density at radius 1 is 0.875 bits per heavy atom. The number of aliphatic hydroxyl groups is 6. The fourth-order valence-electron chi connectivity index (χ4n) is 5.13. The predicted octanol–water partition coefficient (Wildman–Crippen LogP) is -1.54. The van der Waals surface area contributed by atoms with Crippen molar-refractivity contribution in [2.24, 2.45) is 0 Å². The number of carbonyl (C=O) groups is 2. The molecule has 4 rings (SSSR count). The zero-order chi connectivity index (χ0) is 35.2. The number of hydrogen-bond donors (Lipinski definition) is 7. The molecular weight excluding hydrogens is 644 g/mol. The summed E-state index contributed by atoms with van der Waals surface area (Å²) in [6.07, 6.45) is -11.9. The summed E-state index contributed by atoms with van der Waals surface area (Å²) < 4.78 is 43.3. The minimum atomic E-state index is -2.47. The zero-order valence-corrected chi connectivity index (χ0v) is 26.1. The van der Waals surface area contributed by atoms with E-state index >= 15 is 0 Å². The highest BCUT2D eigenvalue weighted by Crippen LogP contribution is 2.40. The van der Waals surface area contributed by atoms with E-state index in [9.17, 15) is 45.3 Å². The Morgan fingerprint density at radius 2 is 1.52 bits per heavy atom. The quantitative estimate of drug-likeness (QED) is 0.0934. The molecule has 2 fully saturated rings. The molecular formula is C31H38O17. The maximum atomic E-state index is 13.0. The highest BCUT2D eigenvalue weighted by molar-refractivity contribution is 5.89. The van der Waals surface area contributed by atoms with Gasteiger partial charge in [-0.25, -0.2) is 9.59 Å². The van der Waals surface area contributed by atoms with Gasteiger partial charge in [-0.15, -0.1) is 0 Å². The summed E-state index contributed by atoms with van der Waals surface area (Å²) in [7, 11) is 4.24. The van der Waals surface area contributed by atoms with Crippen molar-refractivity contribution < 1.29 is 83.2 Å². The van der Waals surface area contributed by atoms with Gasteiger partial charge in [0.1, 0.15) is 55.6 Å². The number of esters is 2. The van der Waals surface area contributed by atoms with E-state index in [-0.39, 0.29) is 11.3 Å².